The lowest BCUT2D eigenvalue weighted by atomic mass is 9.89. The maximum absolute atomic E-state index is 12.7. The van der Waals surface area contributed by atoms with Gasteiger partial charge in [-0.3, -0.25) is 9.78 Å². The molecule has 0 bridgehead atoms. The van der Waals surface area contributed by atoms with Crippen LogP contribution in [0.3, 0.4) is 0 Å². The summed E-state index contributed by atoms with van der Waals surface area (Å²) in [5, 5.41) is 9.63. The van der Waals surface area contributed by atoms with Gasteiger partial charge in [0.05, 0.1) is 11.1 Å². The van der Waals surface area contributed by atoms with E-state index < -0.39 is 0 Å². The van der Waals surface area contributed by atoms with Crippen LogP contribution in [-0.2, 0) is 18.6 Å². The van der Waals surface area contributed by atoms with Crippen molar-refractivity contribution in [3.8, 4) is 11.4 Å². The molecule has 0 aromatic carbocycles. The minimum absolute atomic E-state index is 0.0529. The van der Waals surface area contributed by atoms with Crippen molar-refractivity contribution in [1.29, 1.82) is 0 Å². The monoisotopic (exact) mass is 425 g/mol. The number of pyridine rings is 1. The number of nitrogens with two attached hydrogens (primary N) is 1. The van der Waals surface area contributed by atoms with Crippen LogP contribution in [-0.4, -0.2) is 29.8 Å². The number of thiophene rings is 1. The zero-order valence-corrected chi connectivity index (χ0v) is 17.4. The van der Waals surface area contributed by atoms with Gasteiger partial charge in [0, 0.05) is 22.8 Å². The van der Waals surface area contributed by atoms with E-state index in [4.69, 9.17) is 10.8 Å². The lowest BCUT2D eigenvalue weighted by Crippen LogP contribution is -2.15. The molecule has 1 atom stereocenters. The first kappa shape index (κ1) is 18.3. The standard InChI is InChI=1S/C19H19N7OS2/c1-10-4-5-12-13(7-10)29-18-15(12)17(27)22-14(23-18)9-28-19-25-24-16(26(19)20)11-3-2-6-21-8-11/h2-3,6,8,10H,4-5,7,9,20H2,1H3,(H,22,23,27). The minimum Gasteiger partial charge on any atom is -0.335 e. The Morgan fingerprint density at radius 3 is 3.14 bits per heavy atom. The molecule has 0 saturated heterocycles. The van der Waals surface area contributed by atoms with Gasteiger partial charge in [0.25, 0.3) is 5.56 Å². The Labute approximate surface area is 174 Å². The summed E-state index contributed by atoms with van der Waals surface area (Å²) in [6, 6.07) is 3.70. The lowest BCUT2D eigenvalue weighted by molar-refractivity contribution is 0.509. The van der Waals surface area contributed by atoms with E-state index in [-0.39, 0.29) is 5.56 Å². The molecule has 0 radical (unpaired) electrons. The third kappa shape index (κ3) is 3.32. The fourth-order valence-corrected chi connectivity index (χ4v) is 5.79. The quantitative estimate of drug-likeness (QED) is 0.381. The highest BCUT2D eigenvalue weighted by Crippen LogP contribution is 2.35. The number of hydrogen-bond donors (Lipinski definition) is 2. The van der Waals surface area contributed by atoms with Crippen molar-refractivity contribution >= 4 is 33.3 Å². The highest BCUT2D eigenvalue weighted by atomic mass is 32.2. The van der Waals surface area contributed by atoms with Crippen molar-refractivity contribution in [2.24, 2.45) is 5.92 Å². The van der Waals surface area contributed by atoms with E-state index in [0.717, 1.165) is 35.0 Å². The second-order valence-corrected chi connectivity index (χ2v) is 9.28. The lowest BCUT2D eigenvalue weighted by Gasteiger charge is -2.17. The fraction of sp³-hybridized carbons (Fsp3) is 0.316. The number of aromatic amines is 1. The first-order valence-corrected chi connectivity index (χ1v) is 11.2. The van der Waals surface area contributed by atoms with E-state index in [1.807, 2.05) is 12.1 Å². The van der Waals surface area contributed by atoms with Crippen LogP contribution in [0.5, 0.6) is 0 Å². The number of rotatable bonds is 4. The number of nitrogens with zero attached hydrogens (tertiary/aromatic N) is 5. The molecule has 8 nitrogen and oxygen atoms in total. The fourth-order valence-electron chi connectivity index (χ4n) is 3.66. The minimum atomic E-state index is -0.0529. The van der Waals surface area contributed by atoms with Gasteiger partial charge in [-0.1, -0.05) is 18.7 Å². The zero-order valence-electron chi connectivity index (χ0n) is 15.8. The summed E-state index contributed by atoms with van der Waals surface area (Å²) in [4.78, 5) is 26.6. The van der Waals surface area contributed by atoms with E-state index in [1.54, 1.807) is 23.7 Å². The number of H-pyrrole nitrogens is 1. The normalized spacial score (nSPS) is 16.2. The van der Waals surface area contributed by atoms with Crippen LogP contribution in [0.15, 0.2) is 34.5 Å². The van der Waals surface area contributed by atoms with E-state index in [0.29, 0.717) is 28.5 Å². The number of aryl methyl sites for hydroxylation is 1. The Kier molecular flexibility index (Phi) is 4.59. The van der Waals surface area contributed by atoms with E-state index >= 15 is 0 Å². The summed E-state index contributed by atoms with van der Waals surface area (Å²) < 4.78 is 1.43. The second kappa shape index (κ2) is 7.27. The predicted octanol–water partition coefficient (Wildman–Crippen LogP) is 2.77. The number of thioether (sulfide) groups is 1. The number of nitrogen functional groups attached to an aromatic ring is 1. The van der Waals surface area contributed by atoms with Crippen LogP contribution in [0.4, 0.5) is 0 Å². The first-order chi connectivity index (χ1) is 14.1. The summed E-state index contributed by atoms with van der Waals surface area (Å²) in [7, 11) is 0. The molecule has 4 aromatic rings. The highest BCUT2D eigenvalue weighted by Gasteiger charge is 2.23. The third-order valence-electron chi connectivity index (χ3n) is 5.14. The summed E-state index contributed by atoms with van der Waals surface area (Å²) in [5.41, 5.74) is 1.93. The Bertz CT molecular complexity index is 1240. The Morgan fingerprint density at radius 1 is 1.41 bits per heavy atom. The molecule has 4 aromatic heterocycles. The van der Waals surface area contributed by atoms with E-state index in [1.165, 1.54) is 26.9 Å². The first-order valence-electron chi connectivity index (χ1n) is 9.37. The summed E-state index contributed by atoms with van der Waals surface area (Å²) in [6.07, 6.45) is 6.50. The molecule has 0 amide bonds. The topological polar surface area (TPSA) is 115 Å². The summed E-state index contributed by atoms with van der Waals surface area (Å²) in [6.45, 7) is 2.26. The van der Waals surface area contributed by atoms with E-state index in [2.05, 4.69) is 27.1 Å². The summed E-state index contributed by atoms with van der Waals surface area (Å²) in [5.74, 6) is 8.42. The molecule has 1 aliphatic rings. The Morgan fingerprint density at radius 2 is 2.31 bits per heavy atom. The molecule has 0 fully saturated rings. The van der Waals surface area contributed by atoms with Crippen LogP contribution in [0, 0.1) is 5.92 Å². The van der Waals surface area contributed by atoms with Crippen molar-refractivity contribution in [2.75, 3.05) is 5.84 Å². The average Bonchev–Trinajstić information content (AvgIpc) is 3.26. The van der Waals surface area contributed by atoms with Crippen LogP contribution in [0.2, 0.25) is 0 Å². The Balaban J connectivity index is 1.40. The molecule has 29 heavy (non-hydrogen) atoms. The molecule has 1 aliphatic carbocycles. The van der Waals surface area contributed by atoms with Crippen molar-refractivity contribution < 1.29 is 0 Å². The highest BCUT2D eigenvalue weighted by molar-refractivity contribution is 7.98. The van der Waals surface area contributed by atoms with Gasteiger partial charge in [-0.15, -0.1) is 21.5 Å². The molecule has 10 heteroatoms. The molecule has 3 N–H and O–H groups in total. The Hall–Kier alpha value is -2.72. The van der Waals surface area contributed by atoms with Gasteiger partial charge in [0.1, 0.15) is 10.7 Å². The smallest absolute Gasteiger partial charge is 0.259 e. The van der Waals surface area contributed by atoms with Gasteiger partial charge in [-0.05, 0) is 42.9 Å². The number of aromatic nitrogens is 6. The van der Waals surface area contributed by atoms with Gasteiger partial charge in [0.15, 0.2) is 5.82 Å². The molecular weight excluding hydrogens is 406 g/mol. The van der Waals surface area contributed by atoms with Crippen molar-refractivity contribution in [1.82, 2.24) is 29.8 Å². The third-order valence-corrected chi connectivity index (χ3v) is 7.24. The number of hydrogen-bond acceptors (Lipinski definition) is 8. The number of fused-ring (bicyclic) bond motifs is 3. The largest absolute Gasteiger partial charge is 0.335 e. The van der Waals surface area contributed by atoms with E-state index in [9.17, 15) is 4.79 Å². The van der Waals surface area contributed by atoms with Gasteiger partial charge < -0.3 is 10.8 Å². The van der Waals surface area contributed by atoms with Crippen LogP contribution in [0.1, 0.15) is 29.6 Å². The van der Waals surface area contributed by atoms with Crippen molar-refractivity contribution in [3.63, 3.8) is 0 Å². The van der Waals surface area contributed by atoms with Crippen molar-refractivity contribution in [2.45, 2.75) is 37.1 Å². The molecule has 0 spiro atoms. The molecular formula is C19H19N7OS2. The van der Waals surface area contributed by atoms with Gasteiger partial charge in [0.2, 0.25) is 5.16 Å². The molecule has 148 valence electrons. The van der Waals surface area contributed by atoms with Crippen LogP contribution >= 0.6 is 23.1 Å². The second-order valence-electron chi connectivity index (χ2n) is 7.25. The van der Waals surface area contributed by atoms with Crippen molar-refractivity contribution in [3.05, 3.63) is 51.1 Å². The maximum atomic E-state index is 12.7. The molecule has 5 rings (SSSR count). The average molecular weight is 426 g/mol. The summed E-state index contributed by atoms with van der Waals surface area (Å²) >= 11 is 3.04. The predicted molar refractivity (Wildman–Crippen MR) is 114 cm³/mol. The van der Waals surface area contributed by atoms with Crippen LogP contribution in [0.25, 0.3) is 21.6 Å². The zero-order chi connectivity index (χ0) is 20.0. The van der Waals surface area contributed by atoms with Gasteiger partial charge in [-0.25, -0.2) is 9.66 Å². The molecule has 0 saturated carbocycles. The van der Waals surface area contributed by atoms with Crippen LogP contribution < -0.4 is 11.4 Å². The SMILES string of the molecule is CC1CCc2c(sc3nc(CSc4nnc(-c5cccnc5)n4N)[nH]c(=O)c23)C1. The van der Waals surface area contributed by atoms with Gasteiger partial charge >= 0.3 is 0 Å². The molecule has 4 heterocycles. The van der Waals surface area contributed by atoms with Gasteiger partial charge in [-0.2, -0.15) is 0 Å². The molecule has 1 unspecified atom stereocenters. The number of nitrogens with one attached hydrogen (secondary N) is 1. The maximum Gasteiger partial charge on any atom is 0.259 e. The molecule has 0 aliphatic heterocycles.